The van der Waals surface area contributed by atoms with Gasteiger partial charge < -0.3 is 15.1 Å². The van der Waals surface area contributed by atoms with Gasteiger partial charge in [0.15, 0.2) is 11.5 Å². The van der Waals surface area contributed by atoms with E-state index < -0.39 is 0 Å². The molecule has 1 unspecified atom stereocenters. The highest BCUT2D eigenvalue weighted by molar-refractivity contribution is 6.01. The summed E-state index contributed by atoms with van der Waals surface area (Å²) >= 11 is 0. The van der Waals surface area contributed by atoms with Crippen LogP contribution in [0.4, 0.5) is 17.2 Å². The van der Waals surface area contributed by atoms with Gasteiger partial charge in [-0.25, -0.2) is 9.97 Å². The smallest absolute Gasteiger partial charge is 0.236 e. The maximum absolute atomic E-state index is 13.3. The molecule has 0 spiro atoms. The molecule has 3 aliphatic heterocycles. The lowest BCUT2D eigenvalue weighted by atomic mass is 9.90. The first-order chi connectivity index (χ1) is 24.9. The van der Waals surface area contributed by atoms with E-state index in [2.05, 4.69) is 66.1 Å². The largest absolute Gasteiger partial charge is 0.368 e. The third-order valence-electron chi connectivity index (χ3n) is 10.4. The lowest BCUT2D eigenvalue weighted by Crippen LogP contribution is -2.52. The van der Waals surface area contributed by atoms with E-state index in [4.69, 9.17) is 4.98 Å². The number of carbonyl (C=O) groups is 3. The van der Waals surface area contributed by atoms with Gasteiger partial charge in [-0.3, -0.25) is 33.7 Å². The van der Waals surface area contributed by atoms with Crippen LogP contribution in [0.3, 0.4) is 0 Å². The van der Waals surface area contributed by atoms with E-state index in [0.29, 0.717) is 38.3 Å². The minimum Gasteiger partial charge on any atom is -0.368 e. The summed E-state index contributed by atoms with van der Waals surface area (Å²) in [5, 5.41) is 10.5. The Bertz CT molecular complexity index is 2060. The maximum Gasteiger partial charge on any atom is 0.236 e. The Morgan fingerprint density at radius 1 is 0.941 bits per heavy atom. The molecule has 3 aliphatic rings. The number of carbonyl (C=O) groups excluding carboxylic acids is 3. The van der Waals surface area contributed by atoms with Gasteiger partial charge in [-0.05, 0) is 49.9 Å². The van der Waals surface area contributed by atoms with Crippen molar-refractivity contribution in [2.75, 3.05) is 56.0 Å². The molecular weight excluding hydrogens is 644 g/mol. The first-order valence-electron chi connectivity index (χ1n) is 17.8. The highest BCUT2D eigenvalue weighted by Gasteiger charge is 2.29. The summed E-state index contributed by atoms with van der Waals surface area (Å²) in [4.78, 5) is 52.8. The molecule has 51 heavy (non-hydrogen) atoms. The number of fused-ring (bicyclic) bond motifs is 1. The van der Waals surface area contributed by atoms with Crippen molar-refractivity contribution in [2.45, 2.75) is 44.6 Å². The van der Waals surface area contributed by atoms with Gasteiger partial charge in [-0.1, -0.05) is 35.9 Å². The van der Waals surface area contributed by atoms with Crippen molar-refractivity contribution in [2.24, 2.45) is 0 Å². The number of aryl methyl sites for hydroxylation is 1. The molecule has 3 amide bonds. The molecule has 262 valence electrons. The summed E-state index contributed by atoms with van der Waals surface area (Å²) in [6.07, 6.45) is 12.2. The molecule has 3 saturated heterocycles. The standard InChI is InChI=1S/C38H42N10O3/c1-26-3-2-4-28(21-26)33-23-40-36(37-39-13-16-47(33)37)42-29-22-41-48(24-29)31-11-14-44(15-12-31)25-35(50)46-19-17-45(18-20-46)30-7-5-27(6-8-30)32-9-10-34(49)43-38(32)51/h2-8,13,16,21-24,31-32H,9-12,14-15,17-20,25H2,1H3,(H,40,42)(H,43,49,51). The Morgan fingerprint density at radius 3 is 2.51 bits per heavy atom. The minimum absolute atomic E-state index is 0.179. The number of hydrogen-bond donors (Lipinski definition) is 2. The number of likely N-dealkylation sites (tertiary alicyclic amines) is 1. The topological polar surface area (TPSA) is 133 Å². The molecule has 3 fully saturated rings. The van der Waals surface area contributed by atoms with Crippen molar-refractivity contribution in [1.29, 1.82) is 0 Å². The zero-order valence-electron chi connectivity index (χ0n) is 28.7. The number of benzene rings is 2. The first kappa shape index (κ1) is 32.6. The molecule has 0 radical (unpaired) electrons. The number of imidazole rings is 1. The van der Waals surface area contributed by atoms with Crippen molar-refractivity contribution in [3.8, 4) is 11.3 Å². The summed E-state index contributed by atoms with van der Waals surface area (Å²) in [7, 11) is 0. The van der Waals surface area contributed by atoms with Gasteiger partial charge in [-0.2, -0.15) is 5.10 Å². The fourth-order valence-corrected chi connectivity index (χ4v) is 7.54. The van der Waals surface area contributed by atoms with Gasteiger partial charge in [0.05, 0.1) is 42.3 Å². The zero-order chi connectivity index (χ0) is 34.9. The summed E-state index contributed by atoms with van der Waals surface area (Å²) < 4.78 is 4.08. The van der Waals surface area contributed by atoms with Gasteiger partial charge in [0.1, 0.15) is 0 Å². The van der Waals surface area contributed by atoms with Crippen LogP contribution in [0.15, 0.2) is 79.5 Å². The second-order valence-corrected chi connectivity index (χ2v) is 13.8. The number of anilines is 3. The fraction of sp³-hybridized carbons (Fsp3) is 0.368. The Balaban J connectivity index is 0.806. The Kier molecular flexibility index (Phi) is 8.95. The van der Waals surface area contributed by atoms with E-state index in [-0.39, 0.29) is 29.7 Å². The van der Waals surface area contributed by atoms with Crippen LogP contribution in [0.25, 0.3) is 16.9 Å². The van der Waals surface area contributed by atoms with Crippen molar-refractivity contribution in [3.05, 3.63) is 90.6 Å². The highest BCUT2D eigenvalue weighted by Crippen LogP contribution is 2.29. The number of imide groups is 1. The number of aromatic nitrogens is 5. The quantitative estimate of drug-likeness (QED) is 0.231. The van der Waals surface area contributed by atoms with E-state index in [1.54, 1.807) is 6.20 Å². The Labute approximate surface area is 296 Å². The number of piperidine rings is 2. The Hall–Kier alpha value is -5.56. The zero-order valence-corrected chi connectivity index (χ0v) is 28.7. The van der Waals surface area contributed by atoms with E-state index in [1.165, 1.54) is 5.56 Å². The molecule has 5 aromatic rings. The molecule has 0 aliphatic carbocycles. The third kappa shape index (κ3) is 6.93. The lowest BCUT2D eigenvalue weighted by Gasteiger charge is -2.38. The molecule has 2 N–H and O–H groups in total. The van der Waals surface area contributed by atoms with Crippen LogP contribution in [0, 0.1) is 6.92 Å². The molecule has 13 heteroatoms. The first-order valence-corrected chi connectivity index (χ1v) is 17.8. The monoisotopic (exact) mass is 686 g/mol. The van der Waals surface area contributed by atoms with Crippen molar-refractivity contribution in [1.82, 2.24) is 39.3 Å². The summed E-state index contributed by atoms with van der Waals surface area (Å²) in [5.41, 5.74) is 6.89. The lowest BCUT2D eigenvalue weighted by molar-refractivity contribution is -0.134. The van der Waals surface area contributed by atoms with Crippen LogP contribution < -0.4 is 15.5 Å². The third-order valence-corrected chi connectivity index (χ3v) is 10.4. The molecule has 6 heterocycles. The van der Waals surface area contributed by atoms with Gasteiger partial charge in [0.2, 0.25) is 17.7 Å². The molecule has 0 saturated carbocycles. The van der Waals surface area contributed by atoms with E-state index in [1.807, 2.05) is 58.6 Å². The average Bonchev–Trinajstić information content (AvgIpc) is 3.83. The predicted molar refractivity (Wildman–Crippen MR) is 194 cm³/mol. The number of nitrogens with one attached hydrogen (secondary N) is 2. The van der Waals surface area contributed by atoms with Gasteiger partial charge >= 0.3 is 0 Å². The van der Waals surface area contributed by atoms with Crippen molar-refractivity contribution in [3.63, 3.8) is 0 Å². The SMILES string of the molecule is Cc1cccc(-c2cnc(Nc3cnn(C4CCN(CC(=O)N5CCN(c6ccc(C7CCC(=O)NC7=O)cc6)CC5)CC4)c3)c3nccn23)c1. The molecule has 2 aromatic carbocycles. The number of piperazine rings is 1. The number of nitrogens with zero attached hydrogens (tertiary/aromatic N) is 8. The number of hydrogen-bond acceptors (Lipinski definition) is 9. The summed E-state index contributed by atoms with van der Waals surface area (Å²) in [6, 6.07) is 16.7. The predicted octanol–water partition coefficient (Wildman–Crippen LogP) is 4.15. The van der Waals surface area contributed by atoms with Crippen LogP contribution in [0.2, 0.25) is 0 Å². The van der Waals surface area contributed by atoms with E-state index in [0.717, 1.165) is 72.9 Å². The Morgan fingerprint density at radius 2 is 1.75 bits per heavy atom. The molecule has 8 rings (SSSR count). The van der Waals surface area contributed by atoms with Crippen LogP contribution in [-0.2, 0) is 14.4 Å². The van der Waals surface area contributed by atoms with Gasteiger partial charge in [-0.15, -0.1) is 0 Å². The van der Waals surface area contributed by atoms with Crippen LogP contribution in [0.1, 0.15) is 48.8 Å². The molecule has 1 atom stereocenters. The molecule has 0 bridgehead atoms. The van der Waals surface area contributed by atoms with Crippen molar-refractivity contribution >= 4 is 40.6 Å². The molecule has 3 aromatic heterocycles. The van der Waals surface area contributed by atoms with E-state index in [9.17, 15) is 14.4 Å². The number of amides is 3. The summed E-state index contributed by atoms with van der Waals surface area (Å²) in [6.45, 7) is 7.09. The normalized spacial score (nSPS) is 19.0. The average molecular weight is 687 g/mol. The number of rotatable bonds is 8. The van der Waals surface area contributed by atoms with Crippen LogP contribution in [-0.4, -0.2) is 97.5 Å². The van der Waals surface area contributed by atoms with Gasteiger partial charge in [0, 0.05) is 75.5 Å². The molecular formula is C38H42N10O3. The molecule has 13 nitrogen and oxygen atoms in total. The second-order valence-electron chi connectivity index (χ2n) is 13.8. The van der Waals surface area contributed by atoms with Crippen LogP contribution >= 0.6 is 0 Å². The summed E-state index contributed by atoms with van der Waals surface area (Å²) in [5.74, 6) is 0.153. The second kappa shape index (κ2) is 14.0. The van der Waals surface area contributed by atoms with E-state index >= 15 is 0 Å². The van der Waals surface area contributed by atoms with Crippen molar-refractivity contribution < 1.29 is 14.4 Å². The highest BCUT2D eigenvalue weighted by atomic mass is 16.2. The maximum atomic E-state index is 13.3. The fourth-order valence-electron chi connectivity index (χ4n) is 7.54. The minimum atomic E-state index is -0.281. The van der Waals surface area contributed by atoms with Gasteiger partial charge in [0.25, 0.3) is 0 Å². The van der Waals surface area contributed by atoms with Crippen LogP contribution in [0.5, 0.6) is 0 Å².